The maximum atomic E-state index is 12.7. The van der Waals surface area contributed by atoms with Crippen molar-refractivity contribution in [2.45, 2.75) is 18.9 Å². The molecule has 1 aliphatic heterocycles. The van der Waals surface area contributed by atoms with Gasteiger partial charge >= 0.3 is 0 Å². The van der Waals surface area contributed by atoms with E-state index in [0.29, 0.717) is 11.4 Å². The summed E-state index contributed by atoms with van der Waals surface area (Å²) in [5.41, 5.74) is 0.740. The molecule has 8 nitrogen and oxygen atoms in total. The highest BCUT2D eigenvalue weighted by Crippen LogP contribution is 2.29. The molecule has 0 radical (unpaired) electrons. The van der Waals surface area contributed by atoms with Crippen molar-refractivity contribution in [1.82, 2.24) is 5.32 Å². The van der Waals surface area contributed by atoms with Gasteiger partial charge in [0.2, 0.25) is 0 Å². The maximum absolute atomic E-state index is 12.7. The minimum Gasteiger partial charge on any atom is -0.467 e. The third-order valence-electron chi connectivity index (χ3n) is 4.26. The smallest absolute Gasteiger partial charge is 0.270 e. The van der Waals surface area contributed by atoms with E-state index >= 15 is 0 Å². The number of nitrogens with one attached hydrogen (secondary N) is 1. The molecule has 8 heteroatoms. The van der Waals surface area contributed by atoms with Crippen LogP contribution in [-0.4, -0.2) is 35.6 Å². The molecular formula is C17H19N3O5. The second-order valence-corrected chi connectivity index (χ2v) is 5.88. The van der Waals surface area contributed by atoms with Gasteiger partial charge in [-0.05, 0) is 31.0 Å². The van der Waals surface area contributed by atoms with E-state index < -0.39 is 16.9 Å². The van der Waals surface area contributed by atoms with Gasteiger partial charge in [-0.3, -0.25) is 14.9 Å². The van der Waals surface area contributed by atoms with Crippen molar-refractivity contribution in [2.75, 3.05) is 24.6 Å². The summed E-state index contributed by atoms with van der Waals surface area (Å²) in [4.78, 5) is 25.3. The lowest BCUT2D eigenvalue weighted by Gasteiger charge is -2.22. The van der Waals surface area contributed by atoms with Gasteiger partial charge in [0.25, 0.3) is 11.6 Å². The lowest BCUT2D eigenvalue weighted by molar-refractivity contribution is -0.384. The predicted octanol–water partition coefficient (Wildman–Crippen LogP) is 2.25. The van der Waals surface area contributed by atoms with E-state index in [9.17, 15) is 20.0 Å². The molecule has 1 aromatic carbocycles. The minimum atomic E-state index is -0.715. The third kappa shape index (κ3) is 3.63. The molecule has 1 fully saturated rings. The Balaban J connectivity index is 1.91. The topological polar surface area (TPSA) is 109 Å². The standard InChI is InChI=1S/C17H19N3O5/c21-11-14(16-4-3-9-25-16)18-17(22)13-10-12(20(23)24)5-6-15(13)19-7-1-2-8-19/h3-6,9-10,14,21H,1-2,7-8,11H2,(H,18,22). The van der Waals surface area contributed by atoms with E-state index in [1.807, 2.05) is 4.90 Å². The Morgan fingerprint density at radius 1 is 1.36 bits per heavy atom. The van der Waals surface area contributed by atoms with Crippen molar-refractivity contribution in [2.24, 2.45) is 0 Å². The van der Waals surface area contributed by atoms with E-state index in [1.165, 1.54) is 18.4 Å². The highest BCUT2D eigenvalue weighted by Gasteiger charge is 2.25. The van der Waals surface area contributed by atoms with Gasteiger partial charge in [0.15, 0.2) is 0 Å². The Kier molecular flexibility index (Phi) is 4.99. The summed E-state index contributed by atoms with van der Waals surface area (Å²) in [7, 11) is 0. The van der Waals surface area contributed by atoms with Crippen LogP contribution in [0.2, 0.25) is 0 Å². The molecule has 25 heavy (non-hydrogen) atoms. The number of nitrogens with zero attached hydrogens (tertiary/aromatic N) is 2. The van der Waals surface area contributed by atoms with Crippen LogP contribution in [0.1, 0.15) is 35.0 Å². The molecule has 1 atom stereocenters. The largest absolute Gasteiger partial charge is 0.467 e. The number of benzene rings is 1. The molecule has 2 heterocycles. The number of amides is 1. The van der Waals surface area contributed by atoms with Gasteiger partial charge in [0.05, 0.1) is 29.0 Å². The number of non-ortho nitro benzene ring substituents is 1. The van der Waals surface area contributed by atoms with Gasteiger partial charge in [0.1, 0.15) is 11.8 Å². The number of rotatable bonds is 6. The summed E-state index contributed by atoms with van der Waals surface area (Å²) in [5.74, 6) is -0.0648. The molecule has 1 amide bonds. The van der Waals surface area contributed by atoms with E-state index in [1.54, 1.807) is 18.2 Å². The molecule has 1 saturated heterocycles. The number of carbonyl (C=O) groups excluding carboxylic acids is 1. The molecule has 1 aromatic heterocycles. The summed E-state index contributed by atoms with van der Waals surface area (Å²) in [6.07, 6.45) is 3.49. The first-order valence-electron chi connectivity index (χ1n) is 8.08. The zero-order chi connectivity index (χ0) is 17.8. The number of hydrogen-bond donors (Lipinski definition) is 2. The summed E-state index contributed by atoms with van der Waals surface area (Å²) >= 11 is 0. The first kappa shape index (κ1) is 17.0. The monoisotopic (exact) mass is 345 g/mol. The molecule has 0 saturated carbocycles. The summed E-state index contributed by atoms with van der Waals surface area (Å²) in [6.45, 7) is 1.27. The van der Waals surface area contributed by atoms with Crippen molar-refractivity contribution in [3.05, 3.63) is 58.0 Å². The number of aliphatic hydroxyl groups excluding tert-OH is 1. The highest BCUT2D eigenvalue weighted by atomic mass is 16.6. The van der Waals surface area contributed by atoms with Crippen molar-refractivity contribution >= 4 is 17.3 Å². The van der Waals surface area contributed by atoms with Crippen LogP contribution < -0.4 is 10.2 Å². The van der Waals surface area contributed by atoms with E-state index in [-0.39, 0.29) is 17.9 Å². The molecule has 3 rings (SSSR count). The van der Waals surface area contributed by atoms with Crippen molar-refractivity contribution in [3.8, 4) is 0 Å². The first-order valence-corrected chi connectivity index (χ1v) is 8.08. The highest BCUT2D eigenvalue weighted by molar-refractivity contribution is 6.00. The van der Waals surface area contributed by atoms with Gasteiger partial charge in [-0.15, -0.1) is 0 Å². The second kappa shape index (κ2) is 7.35. The quantitative estimate of drug-likeness (QED) is 0.614. The molecule has 1 aliphatic rings. The number of hydrogen-bond acceptors (Lipinski definition) is 6. The number of aliphatic hydroxyl groups is 1. The van der Waals surface area contributed by atoms with E-state index in [0.717, 1.165) is 25.9 Å². The van der Waals surface area contributed by atoms with Gasteiger partial charge in [-0.1, -0.05) is 0 Å². The average Bonchev–Trinajstić information content (AvgIpc) is 3.32. The Labute approximate surface area is 144 Å². The van der Waals surface area contributed by atoms with Crippen LogP contribution in [0.15, 0.2) is 41.0 Å². The van der Waals surface area contributed by atoms with Gasteiger partial charge in [-0.2, -0.15) is 0 Å². The molecule has 2 aromatic rings. The molecule has 0 bridgehead atoms. The normalized spacial score (nSPS) is 15.2. The molecular weight excluding hydrogens is 326 g/mol. The van der Waals surface area contributed by atoms with Gasteiger partial charge in [0, 0.05) is 25.2 Å². The SMILES string of the molecule is O=C(NC(CO)c1ccco1)c1cc([N+](=O)[O-])ccc1N1CCCC1. The molecule has 0 spiro atoms. The van der Waals surface area contributed by atoms with Gasteiger partial charge in [-0.25, -0.2) is 0 Å². The number of nitro groups is 1. The van der Waals surface area contributed by atoms with Crippen LogP contribution in [0, 0.1) is 10.1 Å². The Morgan fingerprint density at radius 2 is 2.12 bits per heavy atom. The molecule has 132 valence electrons. The van der Waals surface area contributed by atoms with Crippen molar-refractivity contribution < 1.29 is 19.2 Å². The zero-order valence-electron chi connectivity index (χ0n) is 13.6. The number of anilines is 1. The Morgan fingerprint density at radius 3 is 2.72 bits per heavy atom. The van der Waals surface area contributed by atoms with E-state index in [4.69, 9.17) is 4.42 Å². The van der Waals surface area contributed by atoms with Gasteiger partial charge < -0.3 is 19.7 Å². The second-order valence-electron chi connectivity index (χ2n) is 5.88. The number of furan rings is 1. The summed E-state index contributed by atoms with van der Waals surface area (Å²) < 4.78 is 5.22. The fraction of sp³-hybridized carbons (Fsp3) is 0.353. The maximum Gasteiger partial charge on any atom is 0.270 e. The first-order chi connectivity index (χ1) is 12.1. The van der Waals surface area contributed by atoms with Crippen LogP contribution in [0.3, 0.4) is 0 Å². The summed E-state index contributed by atoms with van der Waals surface area (Å²) in [6, 6.07) is 6.88. The summed E-state index contributed by atoms with van der Waals surface area (Å²) in [5, 5.41) is 23.3. The predicted molar refractivity (Wildman–Crippen MR) is 90.5 cm³/mol. The van der Waals surface area contributed by atoms with Crippen molar-refractivity contribution in [3.63, 3.8) is 0 Å². The average molecular weight is 345 g/mol. The van der Waals surface area contributed by atoms with Crippen LogP contribution in [0.4, 0.5) is 11.4 Å². The fourth-order valence-electron chi connectivity index (χ4n) is 2.99. The fourth-order valence-corrected chi connectivity index (χ4v) is 2.99. The lowest BCUT2D eigenvalue weighted by atomic mass is 10.1. The molecule has 2 N–H and O–H groups in total. The van der Waals surface area contributed by atoms with Crippen LogP contribution in [0.25, 0.3) is 0 Å². The van der Waals surface area contributed by atoms with Crippen LogP contribution in [-0.2, 0) is 0 Å². The Hall–Kier alpha value is -2.87. The third-order valence-corrected chi connectivity index (χ3v) is 4.26. The number of nitro benzene ring substituents is 1. The number of carbonyl (C=O) groups is 1. The molecule has 0 aliphatic carbocycles. The van der Waals surface area contributed by atoms with Crippen molar-refractivity contribution in [1.29, 1.82) is 0 Å². The van der Waals surface area contributed by atoms with Crippen LogP contribution >= 0.6 is 0 Å². The molecule has 1 unspecified atom stereocenters. The lowest BCUT2D eigenvalue weighted by Crippen LogP contribution is -2.32. The Bertz CT molecular complexity index is 754. The zero-order valence-corrected chi connectivity index (χ0v) is 13.6. The minimum absolute atomic E-state index is 0.147. The van der Waals surface area contributed by atoms with E-state index in [2.05, 4.69) is 5.32 Å². The van der Waals surface area contributed by atoms with Crippen LogP contribution in [0.5, 0.6) is 0 Å².